The number of nitrogens with two attached hydrogens (primary N) is 1. The standard InChI is InChI=1S/C10H12N4O2/c1-7(9-3-5-12-6-4-9)13-14(8(2)15)10(11)16/h3-6H,1-2H3,(H2,11,16). The van der Waals surface area contributed by atoms with Crippen LogP contribution >= 0.6 is 0 Å². The molecule has 1 heterocycles. The van der Waals surface area contributed by atoms with Crippen LogP contribution in [0, 0.1) is 0 Å². The van der Waals surface area contributed by atoms with Crippen molar-refractivity contribution in [3.63, 3.8) is 0 Å². The first-order valence-electron chi connectivity index (χ1n) is 4.58. The highest BCUT2D eigenvalue weighted by molar-refractivity contribution is 6.01. The number of carbonyl (C=O) groups is 2. The molecule has 0 bridgehead atoms. The molecule has 0 saturated carbocycles. The number of imide groups is 1. The summed E-state index contributed by atoms with van der Waals surface area (Å²) in [5.41, 5.74) is 6.29. The largest absolute Gasteiger partial charge is 0.350 e. The van der Waals surface area contributed by atoms with Crippen LogP contribution in [0.25, 0.3) is 0 Å². The first kappa shape index (κ1) is 11.8. The van der Waals surface area contributed by atoms with E-state index in [-0.39, 0.29) is 0 Å². The molecular weight excluding hydrogens is 208 g/mol. The number of aromatic nitrogens is 1. The van der Waals surface area contributed by atoms with Gasteiger partial charge in [0.1, 0.15) is 0 Å². The molecule has 6 heteroatoms. The zero-order valence-corrected chi connectivity index (χ0v) is 9.04. The number of carbonyl (C=O) groups excluding carboxylic acids is 2. The fourth-order valence-corrected chi connectivity index (χ4v) is 1.08. The monoisotopic (exact) mass is 220 g/mol. The van der Waals surface area contributed by atoms with Crippen molar-refractivity contribution in [1.82, 2.24) is 9.99 Å². The maximum atomic E-state index is 11.1. The highest BCUT2D eigenvalue weighted by Crippen LogP contribution is 2.01. The summed E-state index contributed by atoms with van der Waals surface area (Å²) < 4.78 is 0. The number of hydrogen-bond acceptors (Lipinski definition) is 4. The second-order valence-electron chi connectivity index (χ2n) is 3.09. The summed E-state index contributed by atoms with van der Waals surface area (Å²) in [7, 11) is 0. The smallest absolute Gasteiger partial charge is 0.342 e. The van der Waals surface area contributed by atoms with Crippen molar-refractivity contribution >= 4 is 17.6 Å². The minimum atomic E-state index is -0.902. The Labute approximate surface area is 92.8 Å². The Morgan fingerprint density at radius 2 is 1.88 bits per heavy atom. The molecule has 6 nitrogen and oxygen atoms in total. The first-order chi connectivity index (χ1) is 7.52. The molecule has 0 radical (unpaired) electrons. The molecule has 0 aliphatic rings. The van der Waals surface area contributed by atoms with Gasteiger partial charge in [0, 0.05) is 24.9 Å². The summed E-state index contributed by atoms with van der Waals surface area (Å²) in [5, 5.41) is 4.46. The number of hydrogen-bond donors (Lipinski definition) is 1. The zero-order chi connectivity index (χ0) is 12.1. The number of rotatable bonds is 2. The molecule has 0 unspecified atom stereocenters. The van der Waals surface area contributed by atoms with E-state index in [1.54, 1.807) is 31.5 Å². The summed E-state index contributed by atoms with van der Waals surface area (Å²) in [4.78, 5) is 25.8. The Morgan fingerprint density at radius 1 is 1.31 bits per heavy atom. The van der Waals surface area contributed by atoms with Crippen LogP contribution in [-0.2, 0) is 4.79 Å². The number of amides is 3. The highest BCUT2D eigenvalue weighted by Gasteiger charge is 2.13. The summed E-state index contributed by atoms with van der Waals surface area (Å²) in [6.45, 7) is 2.89. The van der Waals surface area contributed by atoms with Crippen molar-refractivity contribution < 1.29 is 9.59 Å². The van der Waals surface area contributed by atoms with Crippen LogP contribution < -0.4 is 5.73 Å². The number of nitrogens with zero attached hydrogens (tertiary/aromatic N) is 3. The summed E-state index contributed by atoms with van der Waals surface area (Å²) >= 11 is 0. The average molecular weight is 220 g/mol. The highest BCUT2D eigenvalue weighted by atomic mass is 16.2. The lowest BCUT2D eigenvalue weighted by Gasteiger charge is -2.11. The lowest BCUT2D eigenvalue weighted by Crippen LogP contribution is -2.35. The van der Waals surface area contributed by atoms with Gasteiger partial charge in [-0.1, -0.05) is 0 Å². The van der Waals surface area contributed by atoms with Crippen molar-refractivity contribution in [2.45, 2.75) is 13.8 Å². The van der Waals surface area contributed by atoms with Gasteiger partial charge < -0.3 is 5.73 Å². The molecule has 0 fully saturated rings. The van der Waals surface area contributed by atoms with Gasteiger partial charge in [0.05, 0.1) is 5.71 Å². The van der Waals surface area contributed by atoms with E-state index in [1.165, 1.54) is 6.92 Å². The van der Waals surface area contributed by atoms with Crippen molar-refractivity contribution in [3.8, 4) is 0 Å². The van der Waals surface area contributed by atoms with Crippen LogP contribution in [0.3, 0.4) is 0 Å². The van der Waals surface area contributed by atoms with Gasteiger partial charge in [-0.15, -0.1) is 5.01 Å². The van der Waals surface area contributed by atoms with Crippen molar-refractivity contribution in [2.75, 3.05) is 0 Å². The lowest BCUT2D eigenvalue weighted by molar-refractivity contribution is -0.125. The minimum absolute atomic E-state index is 0.511. The van der Waals surface area contributed by atoms with E-state index in [9.17, 15) is 9.59 Å². The second-order valence-corrected chi connectivity index (χ2v) is 3.09. The molecule has 16 heavy (non-hydrogen) atoms. The maximum absolute atomic E-state index is 11.1. The quantitative estimate of drug-likeness (QED) is 0.588. The van der Waals surface area contributed by atoms with Gasteiger partial charge in [0.15, 0.2) is 0 Å². The molecule has 1 aromatic rings. The van der Waals surface area contributed by atoms with Crippen LogP contribution in [-0.4, -0.2) is 27.6 Å². The average Bonchev–Trinajstić information content (AvgIpc) is 2.25. The van der Waals surface area contributed by atoms with Gasteiger partial charge in [-0.3, -0.25) is 9.78 Å². The molecule has 84 valence electrons. The number of hydrazone groups is 1. The van der Waals surface area contributed by atoms with Crippen molar-refractivity contribution in [2.24, 2.45) is 10.8 Å². The molecule has 1 aromatic heterocycles. The molecule has 0 spiro atoms. The van der Waals surface area contributed by atoms with Gasteiger partial charge in [0.2, 0.25) is 5.91 Å². The molecule has 2 N–H and O–H groups in total. The number of urea groups is 1. The summed E-state index contributed by atoms with van der Waals surface area (Å²) in [6, 6.07) is 2.54. The predicted molar refractivity (Wildman–Crippen MR) is 58.6 cm³/mol. The Balaban J connectivity index is 2.99. The van der Waals surface area contributed by atoms with Gasteiger partial charge in [-0.2, -0.15) is 5.10 Å². The van der Waals surface area contributed by atoms with E-state index in [1.807, 2.05) is 0 Å². The lowest BCUT2D eigenvalue weighted by atomic mass is 10.2. The minimum Gasteiger partial charge on any atom is -0.350 e. The normalized spacial score (nSPS) is 11.0. The van der Waals surface area contributed by atoms with E-state index in [2.05, 4.69) is 10.1 Å². The molecule has 0 aromatic carbocycles. The Morgan fingerprint density at radius 3 is 2.31 bits per heavy atom. The predicted octanol–water partition coefficient (Wildman–Crippen LogP) is 0.733. The second kappa shape index (κ2) is 5.01. The van der Waals surface area contributed by atoms with Crippen molar-refractivity contribution in [3.05, 3.63) is 30.1 Å². The third-order valence-corrected chi connectivity index (χ3v) is 1.86. The van der Waals surface area contributed by atoms with E-state index in [0.29, 0.717) is 10.7 Å². The molecular formula is C10H12N4O2. The van der Waals surface area contributed by atoms with Crippen LogP contribution in [0.15, 0.2) is 29.6 Å². The van der Waals surface area contributed by atoms with Crippen LogP contribution in [0.4, 0.5) is 4.79 Å². The topological polar surface area (TPSA) is 88.7 Å². The van der Waals surface area contributed by atoms with Crippen molar-refractivity contribution in [1.29, 1.82) is 0 Å². The molecule has 0 saturated heterocycles. The van der Waals surface area contributed by atoms with Gasteiger partial charge >= 0.3 is 6.03 Å². The third kappa shape index (κ3) is 2.88. The van der Waals surface area contributed by atoms with E-state index in [0.717, 1.165) is 5.56 Å². The van der Waals surface area contributed by atoms with Crippen LogP contribution in [0.5, 0.6) is 0 Å². The van der Waals surface area contributed by atoms with E-state index < -0.39 is 11.9 Å². The maximum Gasteiger partial charge on any atom is 0.342 e. The van der Waals surface area contributed by atoms with E-state index in [4.69, 9.17) is 5.73 Å². The molecule has 0 atom stereocenters. The molecule has 1 rings (SSSR count). The first-order valence-corrected chi connectivity index (χ1v) is 4.58. The van der Waals surface area contributed by atoms with Gasteiger partial charge in [-0.05, 0) is 19.1 Å². The fraction of sp³-hybridized carbons (Fsp3) is 0.200. The molecule has 0 aliphatic heterocycles. The molecule has 0 aliphatic carbocycles. The fourth-order valence-electron chi connectivity index (χ4n) is 1.08. The van der Waals surface area contributed by atoms with Gasteiger partial charge in [0.25, 0.3) is 0 Å². The number of primary amides is 1. The van der Waals surface area contributed by atoms with Crippen LogP contribution in [0.2, 0.25) is 0 Å². The van der Waals surface area contributed by atoms with Crippen LogP contribution in [0.1, 0.15) is 19.4 Å². The Bertz CT molecular complexity index is 414. The third-order valence-electron chi connectivity index (χ3n) is 1.86. The molecule has 3 amide bonds. The SMILES string of the molecule is CC(=O)N(N=C(C)c1ccncc1)C(N)=O. The Kier molecular flexibility index (Phi) is 3.71. The van der Waals surface area contributed by atoms with Gasteiger partial charge in [-0.25, -0.2) is 4.79 Å². The van der Waals surface area contributed by atoms with E-state index >= 15 is 0 Å². The summed E-state index contributed by atoms with van der Waals surface area (Å²) in [6.07, 6.45) is 3.19. The Hall–Kier alpha value is -2.24. The zero-order valence-electron chi connectivity index (χ0n) is 9.04. The summed E-state index contributed by atoms with van der Waals surface area (Å²) in [5.74, 6) is -0.527. The number of pyridine rings is 1.